The van der Waals surface area contributed by atoms with Crippen LogP contribution in [0.1, 0.15) is 18.4 Å². The van der Waals surface area contributed by atoms with E-state index in [-0.39, 0.29) is 12.6 Å². The first-order chi connectivity index (χ1) is 14.6. The van der Waals surface area contributed by atoms with Crippen LogP contribution in [-0.4, -0.2) is 17.9 Å². The zero-order valence-corrected chi connectivity index (χ0v) is 17.9. The van der Waals surface area contributed by atoms with Gasteiger partial charge in [0.1, 0.15) is 24.1 Å². The van der Waals surface area contributed by atoms with Gasteiger partial charge in [-0.2, -0.15) is 0 Å². The van der Waals surface area contributed by atoms with Crippen molar-refractivity contribution < 1.29 is 14.3 Å². The van der Waals surface area contributed by atoms with Gasteiger partial charge in [-0.3, -0.25) is 0 Å². The van der Waals surface area contributed by atoms with E-state index in [0.29, 0.717) is 29.5 Å². The Morgan fingerprint density at radius 1 is 0.933 bits per heavy atom. The molecule has 0 heterocycles. The summed E-state index contributed by atoms with van der Waals surface area (Å²) in [6.07, 6.45) is 1.27. The molecule has 0 saturated carbocycles. The number of para-hydroxylation sites is 1. The van der Waals surface area contributed by atoms with Gasteiger partial charge in [-0.1, -0.05) is 41.9 Å². The molecule has 1 atom stereocenters. The summed E-state index contributed by atoms with van der Waals surface area (Å²) in [5.41, 5.74) is 1.65. The fourth-order valence-electron chi connectivity index (χ4n) is 2.86. The fraction of sp³-hybridized carbons (Fsp3) is 0.208. The van der Waals surface area contributed by atoms with Gasteiger partial charge in [-0.05, 0) is 66.9 Å². The molecule has 0 bridgehead atoms. The number of anilines is 1. The number of hydrogen-bond donors (Lipinski definition) is 1. The molecular weight excluding hydrogens is 421 g/mol. The van der Waals surface area contributed by atoms with E-state index in [0.717, 1.165) is 17.0 Å². The topological polar surface area (TPSA) is 47.6 Å². The molecule has 0 aliphatic rings. The van der Waals surface area contributed by atoms with Crippen LogP contribution in [0.5, 0.6) is 11.5 Å². The Hall–Kier alpha value is -2.69. The summed E-state index contributed by atoms with van der Waals surface area (Å²) in [6, 6.07) is 23.7. The van der Waals surface area contributed by atoms with Gasteiger partial charge in [0.05, 0.1) is 0 Å². The van der Waals surface area contributed by atoms with Crippen molar-refractivity contribution in [1.29, 1.82) is 0 Å². The Morgan fingerprint density at radius 2 is 1.67 bits per heavy atom. The number of hydrogen-bond acceptors (Lipinski definition) is 4. The fourth-order valence-corrected chi connectivity index (χ4v) is 3.14. The third kappa shape index (κ3) is 6.97. The minimum Gasteiger partial charge on any atom is -0.459 e. The van der Waals surface area contributed by atoms with Crippen LogP contribution < -0.4 is 10.1 Å². The molecule has 3 aromatic rings. The number of benzene rings is 3. The molecule has 3 rings (SSSR count). The predicted molar refractivity (Wildman–Crippen MR) is 122 cm³/mol. The number of nitrogens with one attached hydrogen (secondary N) is 1. The van der Waals surface area contributed by atoms with Gasteiger partial charge in [-0.15, -0.1) is 11.6 Å². The van der Waals surface area contributed by atoms with Crippen LogP contribution in [0.2, 0.25) is 5.02 Å². The lowest BCUT2D eigenvalue weighted by Crippen LogP contribution is -2.31. The third-order valence-corrected chi connectivity index (χ3v) is 4.87. The summed E-state index contributed by atoms with van der Waals surface area (Å²) < 4.78 is 11.4. The lowest BCUT2D eigenvalue weighted by molar-refractivity contribution is -0.146. The van der Waals surface area contributed by atoms with Crippen LogP contribution in [0.4, 0.5) is 5.69 Å². The number of rotatable bonds is 10. The maximum atomic E-state index is 12.7. The van der Waals surface area contributed by atoms with Gasteiger partial charge in [0.2, 0.25) is 0 Å². The number of ether oxygens (including phenoxy) is 2. The maximum absolute atomic E-state index is 12.7. The van der Waals surface area contributed by atoms with Crippen molar-refractivity contribution in [3.05, 3.63) is 89.4 Å². The molecule has 6 heteroatoms. The smallest absolute Gasteiger partial charge is 0.328 e. The summed E-state index contributed by atoms with van der Waals surface area (Å²) >= 11 is 11.7. The summed E-state index contributed by atoms with van der Waals surface area (Å²) in [4.78, 5) is 12.7. The second kappa shape index (κ2) is 11.5. The molecule has 4 nitrogen and oxygen atoms in total. The zero-order chi connectivity index (χ0) is 21.2. The number of alkyl halides is 1. The van der Waals surface area contributed by atoms with E-state index < -0.39 is 6.04 Å². The highest BCUT2D eigenvalue weighted by Gasteiger charge is 2.20. The van der Waals surface area contributed by atoms with Gasteiger partial charge >= 0.3 is 5.97 Å². The van der Waals surface area contributed by atoms with Crippen LogP contribution in [0.25, 0.3) is 0 Å². The van der Waals surface area contributed by atoms with Crippen LogP contribution in [0.3, 0.4) is 0 Å². The van der Waals surface area contributed by atoms with Crippen LogP contribution in [0, 0.1) is 0 Å². The Balaban J connectivity index is 1.60. The lowest BCUT2D eigenvalue weighted by Gasteiger charge is -2.18. The van der Waals surface area contributed by atoms with E-state index in [2.05, 4.69) is 5.32 Å². The normalized spacial score (nSPS) is 11.5. The predicted octanol–water partition coefficient (Wildman–Crippen LogP) is 6.68. The highest BCUT2D eigenvalue weighted by Crippen LogP contribution is 2.22. The summed E-state index contributed by atoms with van der Waals surface area (Å²) in [5.74, 6) is 1.59. The van der Waals surface area contributed by atoms with Crippen molar-refractivity contribution in [2.24, 2.45) is 0 Å². The molecule has 0 aromatic heterocycles. The minimum atomic E-state index is -0.492. The molecule has 1 unspecified atom stereocenters. The van der Waals surface area contributed by atoms with Gasteiger partial charge in [0.15, 0.2) is 0 Å². The van der Waals surface area contributed by atoms with E-state index in [9.17, 15) is 4.79 Å². The average Bonchev–Trinajstić information content (AvgIpc) is 2.77. The van der Waals surface area contributed by atoms with E-state index in [1.165, 1.54) is 0 Å². The van der Waals surface area contributed by atoms with Crippen molar-refractivity contribution in [3.8, 4) is 11.5 Å². The van der Waals surface area contributed by atoms with Crippen LogP contribution in [0.15, 0.2) is 78.9 Å². The molecule has 0 amide bonds. The van der Waals surface area contributed by atoms with Crippen LogP contribution in [-0.2, 0) is 16.1 Å². The standard InChI is InChI=1S/C24H23Cl2NO3/c25-15-5-10-23(27-20-13-11-19(26)12-14-20)24(28)29-17-18-6-4-9-22(16-18)30-21-7-2-1-3-8-21/h1-4,6-9,11-14,16,23,27H,5,10,15,17H2. The zero-order valence-electron chi connectivity index (χ0n) is 16.4. The first-order valence-corrected chi connectivity index (χ1v) is 10.6. The van der Waals surface area contributed by atoms with E-state index >= 15 is 0 Å². The van der Waals surface area contributed by atoms with Gasteiger partial charge < -0.3 is 14.8 Å². The quantitative estimate of drug-likeness (QED) is 0.280. The largest absolute Gasteiger partial charge is 0.459 e. The molecule has 0 aliphatic heterocycles. The number of carbonyl (C=O) groups excluding carboxylic acids is 1. The number of halogens is 2. The number of carbonyl (C=O) groups is 1. The molecular formula is C24H23Cl2NO3. The van der Waals surface area contributed by atoms with E-state index in [1.807, 2.05) is 66.7 Å². The molecule has 30 heavy (non-hydrogen) atoms. The Morgan fingerprint density at radius 3 is 2.40 bits per heavy atom. The third-order valence-electron chi connectivity index (χ3n) is 4.35. The molecule has 0 saturated heterocycles. The number of esters is 1. The molecule has 0 aliphatic carbocycles. The maximum Gasteiger partial charge on any atom is 0.328 e. The molecule has 3 aromatic carbocycles. The van der Waals surface area contributed by atoms with Gasteiger partial charge in [0.25, 0.3) is 0 Å². The van der Waals surface area contributed by atoms with Crippen molar-refractivity contribution in [1.82, 2.24) is 0 Å². The van der Waals surface area contributed by atoms with Crippen molar-refractivity contribution in [2.75, 3.05) is 11.2 Å². The molecule has 1 N–H and O–H groups in total. The lowest BCUT2D eigenvalue weighted by atomic mass is 10.1. The van der Waals surface area contributed by atoms with Crippen molar-refractivity contribution in [3.63, 3.8) is 0 Å². The van der Waals surface area contributed by atoms with Gasteiger partial charge in [-0.25, -0.2) is 4.79 Å². The SMILES string of the molecule is O=C(OCc1cccc(Oc2ccccc2)c1)C(CCCCl)Nc1ccc(Cl)cc1. The first kappa shape index (κ1) is 22.0. The highest BCUT2D eigenvalue weighted by atomic mass is 35.5. The average molecular weight is 444 g/mol. The van der Waals surface area contributed by atoms with Crippen molar-refractivity contribution in [2.45, 2.75) is 25.5 Å². The second-order valence-corrected chi connectivity index (χ2v) is 7.52. The Labute approximate surface area is 186 Å². The van der Waals surface area contributed by atoms with Gasteiger partial charge in [0, 0.05) is 16.6 Å². The molecule has 0 spiro atoms. The second-order valence-electron chi connectivity index (χ2n) is 6.71. The monoisotopic (exact) mass is 443 g/mol. The Kier molecular flexibility index (Phi) is 8.42. The summed E-state index contributed by atoms with van der Waals surface area (Å²) in [5, 5.41) is 3.84. The summed E-state index contributed by atoms with van der Waals surface area (Å²) in [6.45, 7) is 0.157. The van der Waals surface area contributed by atoms with Crippen LogP contribution >= 0.6 is 23.2 Å². The van der Waals surface area contributed by atoms with E-state index in [4.69, 9.17) is 32.7 Å². The highest BCUT2D eigenvalue weighted by molar-refractivity contribution is 6.30. The molecule has 0 radical (unpaired) electrons. The van der Waals surface area contributed by atoms with E-state index in [1.54, 1.807) is 12.1 Å². The van der Waals surface area contributed by atoms with Crippen molar-refractivity contribution >= 4 is 34.9 Å². The Bertz CT molecular complexity index is 933. The minimum absolute atomic E-state index is 0.157. The molecule has 0 fully saturated rings. The molecule has 156 valence electrons. The first-order valence-electron chi connectivity index (χ1n) is 9.70. The summed E-state index contributed by atoms with van der Waals surface area (Å²) in [7, 11) is 0.